The standard InChI is InChI=1S/C23H27N5OS/c1-18-7-9-20(10-8-18)22(29)24-11-12-27-13-15-28(16-14-27)23-25-21(26-30-23)17-19-5-3-2-4-6-19/h2-10H,11-17H2,1H3,(H,24,29)/p+1. The molecular weight excluding hydrogens is 394 g/mol. The lowest BCUT2D eigenvalue weighted by Gasteiger charge is -2.31. The highest BCUT2D eigenvalue weighted by Crippen LogP contribution is 2.18. The van der Waals surface area contributed by atoms with Gasteiger partial charge in [0.15, 0.2) is 0 Å². The quantitative estimate of drug-likeness (QED) is 0.607. The highest BCUT2D eigenvalue weighted by atomic mass is 32.1. The third-order valence-electron chi connectivity index (χ3n) is 5.48. The number of carbonyl (C=O) groups is 1. The van der Waals surface area contributed by atoms with Gasteiger partial charge in [0.25, 0.3) is 5.91 Å². The molecule has 0 aliphatic carbocycles. The van der Waals surface area contributed by atoms with E-state index in [1.807, 2.05) is 49.4 Å². The van der Waals surface area contributed by atoms with E-state index in [0.717, 1.165) is 61.2 Å². The number of amides is 1. The molecule has 0 atom stereocenters. The summed E-state index contributed by atoms with van der Waals surface area (Å²) in [4.78, 5) is 20.8. The van der Waals surface area contributed by atoms with Crippen LogP contribution in [0.5, 0.6) is 0 Å². The second-order valence-corrected chi connectivity index (χ2v) is 8.49. The van der Waals surface area contributed by atoms with Gasteiger partial charge in [-0.05, 0) is 24.6 Å². The van der Waals surface area contributed by atoms with E-state index in [0.29, 0.717) is 6.54 Å². The molecule has 0 spiro atoms. The van der Waals surface area contributed by atoms with E-state index in [2.05, 4.69) is 26.7 Å². The van der Waals surface area contributed by atoms with Gasteiger partial charge in [-0.15, -0.1) is 0 Å². The predicted molar refractivity (Wildman–Crippen MR) is 120 cm³/mol. The van der Waals surface area contributed by atoms with E-state index < -0.39 is 0 Å². The maximum absolute atomic E-state index is 12.2. The number of nitrogens with zero attached hydrogens (tertiary/aromatic N) is 3. The molecule has 0 unspecified atom stereocenters. The van der Waals surface area contributed by atoms with Crippen molar-refractivity contribution in [3.63, 3.8) is 0 Å². The smallest absolute Gasteiger partial charge is 0.251 e. The Bertz CT molecular complexity index is 949. The first-order chi connectivity index (χ1) is 14.7. The number of hydrogen-bond donors (Lipinski definition) is 2. The first-order valence-corrected chi connectivity index (χ1v) is 11.2. The van der Waals surface area contributed by atoms with E-state index in [9.17, 15) is 4.79 Å². The number of nitrogens with one attached hydrogen (secondary N) is 2. The predicted octanol–water partition coefficient (Wildman–Crippen LogP) is 1.57. The molecule has 0 bridgehead atoms. The molecule has 1 amide bonds. The number of quaternary nitrogens is 1. The van der Waals surface area contributed by atoms with Gasteiger partial charge in [0.05, 0.1) is 39.3 Å². The van der Waals surface area contributed by atoms with Crippen molar-refractivity contribution in [2.45, 2.75) is 13.3 Å². The lowest BCUT2D eigenvalue weighted by Crippen LogP contribution is -3.15. The summed E-state index contributed by atoms with van der Waals surface area (Å²) in [5.41, 5.74) is 3.13. The van der Waals surface area contributed by atoms with Crippen LogP contribution < -0.4 is 15.1 Å². The minimum absolute atomic E-state index is 0.00726. The van der Waals surface area contributed by atoms with Crippen molar-refractivity contribution in [1.29, 1.82) is 0 Å². The number of aromatic nitrogens is 2. The molecule has 1 aromatic heterocycles. The summed E-state index contributed by atoms with van der Waals surface area (Å²) < 4.78 is 4.54. The number of benzene rings is 2. The van der Waals surface area contributed by atoms with Crippen molar-refractivity contribution < 1.29 is 9.69 Å². The van der Waals surface area contributed by atoms with E-state index >= 15 is 0 Å². The van der Waals surface area contributed by atoms with Gasteiger partial charge < -0.3 is 15.1 Å². The van der Waals surface area contributed by atoms with Gasteiger partial charge in [-0.25, -0.2) is 4.98 Å². The molecule has 1 aliphatic rings. The minimum Gasteiger partial charge on any atom is -0.346 e. The SMILES string of the molecule is Cc1ccc(C(=O)NCC[NH+]2CCN(c3nc(Cc4ccccc4)ns3)CC2)cc1. The van der Waals surface area contributed by atoms with Crippen LogP contribution in [0.25, 0.3) is 0 Å². The number of hydrogen-bond acceptors (Lipinski definition) is 5. The summed E-state index contributed by atoms with van der Waals surface area (Å²) in [6.45, 7) is 7.71. The molecule has 2 aromatic carbocycles. The number of aryl methyl sites for hydroxylation is 1. The fraction of sp³-hybridized carbons (Fsp3) is 0.348. The van der Waals surface area contributed by atoms with Gasteiger partial charge >= 0.3 is 0 Å². The van der Waals surface area contributed by atoms with Crippen LogP contribution in [0.15, 0.2) is 54.6 Å². The molecule has 156 valence electrons. The summed E-state index contributed by atoms with van der Waals surface area (Å²) in [5, 5.41) is 4.06. The van der Waals surface area contributed by atoms with Crippen molar-refractivity contribution in [1.82, 2.24) is 14.7 Å². The van der Waals surface area contributed by atoms with Crippen molar-refractivity contribution in [2.24, 2.45) is 0 Å². The van der Waals surface area contributed by atoms with Crippen molar-refractivity contribution in [2.75, 3.05) is 44.2 Å². The van der Waals surface area contributed by atoms with Gasteiger partial charge in [0, 0.05) is 23.5 Å². The number of carbonyl (C=O) groups excluding carboxylic acids is 1. The zero-order chi connectivity index (χ0) is 20.8. The molecule has 2 heterocycles. The highest BCUT2D eigenvalue weighted by molar-refractivity contribution is 7.09. The van der Waals surface area contributed by atoms with E-state index in [1.54, 1.807) is 0 Å². The summed E-state index contributed by atoms with van der Waals surface area (Å²) in [7, 11) is 0. The highest BCUT2D eigenvalue weighted by Gasteiger charge is 2.22. The molecule has 0 radical (unpaired) electrons. The maximum Gasteiger partial charge on any atom is 0.251 e. The van der Waals surface area contributed by atoms with Gasteiger partial charge in [-0.1, -0.05) is 48.0 Å². The lowest BCUT2D eigenvalue weighted by atomic mass is 10.1. The van der Waals surface area contributed by atoms with Crippen LogP contribution >= 0.6 is 11.5 Å². The van der Waals surface area contributed by atoms with E-state index in [1.165, 1.54) is 22.0 Å². The number of rotatable bonds is 7. The largest absolute Gasteiger partial charge is 0.346 e. The average molecular weight is 423 g/mol. The normalized spacial score (nSPS) is 14.6. The Hall–Kier alpha value is -2.77. The second kappa shape index (κ2) is 9.82. The molecule has 30 heavy (non-hydrogen) atoms. The molecule has 3 aromatic rings. The lowest BCUT2D eigenvalue weighted by molar-refractivity contribution is -0.899. The fourth-order valence-electron chi connectivity index (χ4n) is 3.65. The molecule has 7 heteroatoms. The van der Waals surface area contributed by atoms with Gasteiger partial charge in [0.1, 0.15) is 5.82 Å². The Labute approximate surface area is 181 Å². The van der Waals surface area contributed by atoms with Crippen LogP contribution in [0.2, 0.25) is 0 Å². The third kappa shape index (κ3) is 5.43. The second-order valence-electron chi connectivity index (χ2n) is 7.76. The van der Waals surface area contributed by atoms with Crippen molar-refractivity contribution in [3.8, 4) is 0 Å². The Morgan fingerprint density at radius 1 is 1.10 bits per heavy atom. The molecule has 1 fully saturated rings. The zero-order valence-electron chi connectivity index (χ0n) is 17.3. The van der Waals surface area contributed by atoms with Crippen molar-refractivity contribution in [3.05, 3.63) is 77.1 Å². The molecular formula is C23H28N5OS+. The van der Waals surface area contributed by atoms with Crippen LogP contribution in [0, 0.1) is 6.92 Å². The summed E-state index contributed by atoms with van der Waals surface area (Å²) in [5.74, 6) is 0.905. The minimum atomic E-state index is 0.00726. The van der Waals surface area contributed by atoms with Crippen LogP contribution in [-0.4, -0.2) is 54.5 Å². The van der Waals surface area contributed by atoms with Crippen molar-refractivity contribution >= 4 is 22.6 Å². The average Bonchev–Trinajstić information content (AvgIpc) is 3.24. The zero-order valence-corrected chi connectivity index (χ0v) is 18.1. The van der Waals surface area contributed by atoms with Crippen LogP contribution in [0.1, 0.15) is 27.3 Å². The monoisotopic (exact) mass is 422 g/mol. The Morgan fingerprint density at radius 3 is 2.57 bits per heavy atom. The van der Waals surface area contributed by atoms with Crippen LogP contribution in [0.3, 0.4) is 0 Å². The van der Waals surface area contributed by atoms with E-state index in [4.69, 9.17) is 4.98 Å². The molecule has 4 rings (SSSR count). The first-order valence-electron chi connectivity index (χ1n) is 10.5. The fourth-order valence-corrected chi connectivity index (χ4v) is 4.38. The van der Waals surface area contributed by atoms with Gasteiger partial charge in [0.2, 0.25) is 5.13 Å². The Morgan fingerprint density at radius 2 is 1.83 bits per heavy atom. The first kappa shape index (κ1) is 20.5. The molecule has 6 nitrogen and oxygen atoms in total. The number of piperazine rings is 1. The summed E-state index contributed by atoms with van der Waals surface area (Å²) in [6, 6.07) is 18.0. The molecule has 2 N–H and O–H groups in total. The summed E-state index contributed by atoms with van der Waals surface area (Å²) >= 11 is 1.50. The van der Waals surface area contributed by atoms with Gasteiger partial charge in [-0.2, -0.15) is 4.37 Å². The summed E-state index contributed by atoms with van der Waals surface area (Å²) in [6.07, 6.45) is 0.781. The molecule has 1 saturated heterocycles. The van der Waals surface area contributed by atoms with E-state index in [-0.39, 0.29) is 5.91 Å². The molecule has 0 saturated carbocycles. The molecule has 1 aliphatic heterocycles. The van der Waals surface area contributed by atoms with Crippen LogP contribution in [0.4, 0.5) is 5.13 Å². The number of anilines is 1. The third-order valence-corrected chi connectivity index (χ3v) is 6.30. The maximum atomic E-state index is 12.2. The van der Waals surface area contributed by atoms with Crippen LogP contribution in [-0.2, 0) is 6.42 Å². The Balaban J connectivity index is 1.20. The topological polar surface area (TPSA) is 62.6 Å². The van der Waals surface area contributed by atoms with Gasteiger partial charge in [-0.3, -0.25) is 4.79 Å². The Kier molecular flexibility index (Phi) is 6.71.